The second-order valence-electron chi connectivity index (χ2n) is 9.84. The summed E-state index contributed by atoms with van der Waals surface area (Å²) in [5.74, 6) is 0. The molecule has 0 aliphatic carbocycles. The first-order valence-corrected chi connectivity index (χ1v) is 14.7. The van der Waals surface area contributed by atoms with E-state index in [1.807, 2.05) is 0 Å². The van der Waals surface area contributed by atoms with Gasteiger partial charge in [-0.05, 0) is 38.5 Å². The number of hydrogen-bond donors (Lipinski definition) is 0. The molecular weight excluding hydrogens is 498 g/mol. The normalized spacial score (nSPS) is 11.6. The van der Waals surface area contributed by atoms with E-state index in [0.29, 0.717) is 0 Å². The Morgan fingerprint density at radius 2 is 0.700 bits per heavy atom. The largest absolute Gasteiger partial charge is 1.00 e. The van der Waals surface area contributed by atoms with Crippen molar-refractivity contribution in [3.63, 3.8) is 0 Å². The average Bonchev–Trinajstić information content (AvgIpc) is 2.72. The molecule has 0 spiro atoms. The standard InChI is InChI=1S/C27H57BrN.BrH/c1-4-6-8-10-12-14-16-18-21-25-29(3,27-23-20-24-28)26-22-19-17-15-13-11-9-7-5-2;/h4-27H2,1-3H3;1H/q+1;/p-1. The van der Waals surface area contributed by atoms with Gasteiger partial charge in [-0.3, -0.25) is 0 Å². The third-order valence-corrected chi connectivity index (χ3v) is 7.25. The Kier molecular flexibility index (Phi) is 28.9. The van der Waals surface area contributed by atoms with Crippen LogP contribution in [0.1, 0.15) is 142 Å². The highest BCUT2D eigenvalue weighted by Gasteiger charge is 2.20. The molecule has 0 bridgehead atoms. The van der Waals surface area contributed by atoms with Crippen molar-refractivity contribution in [1.29, 1.82) is 0 Å². The predicted molar refractivity (Wildman–Crippen MR) is 138 cm³/mol. The van der Waals surface area contributed by atoms with Gasteiger partial charge in [0.15, 0.2) is 0 Å². The van der Waals surface area contributed by atoms with E-state index in [-0.39, 0.29) is 17.0 Å². The Bertz CT molecular complexity index is 287. The fourth-order valence-corrected chi connectivity index (χ4v) is 4.93. The summed E-state index contributed by atoms with van der Waals surface area (Å²) in [4.78, 5) is 0. The van der Waals surface area contributed by atoms with Gasteiger partial charge in [0.25, 0.3) is 0 Å². The smallest absolute Gasteiger partial charge is 0.0784 e. The lowest BCUT2D eigenvalue weighted by Gasteiger charge is -2.35. The Morgan fingerprint density at radius 3 is 1.00 bits per heavy atom. The van der Waals surface area contributed by atoms with Crippen LogP contribution in [-0.4, -0.2) is 36.5 Å². The number of rotatable bonds is 24. The number of alkyl halides is 1. The summed E-state index contributed by atoms with van der Waals surface area (Å²) < 4.78 is 1.33. The Labute approximate surface area is 211 Å². The second kappa shape index (κ2) is 26.2. The highest BCUT2D eigenvalue weighted by atomic mass is 79.9. The van der Waals surface area contributed by atoms with Gasteiger partial charge in [-0.25, -0.2) is 0 Å². The van der Waals surface area contributed by atoms with Crippen LogP contribution in [0.15, 0.2) is 0 Å². The van der Waals surface area contributed by atoms with Crippen LogP contribution in [0.2, 0.25) is 0 Å². The first-order valence-electron chi connectivity index (χ1n) is 13.6. The summed E-state index contributed by atoms with van der Waals surface area (Å²) in [6, 6.07) is 0. The summed E-state index contributed by atoms with van der Waals surface area (Å²) in [5, 5.41) is 1.17. The van der Waals surface area contributed by atoms with E-state index >= 15 is 0 Å². The Morgan fingerprint density at radius 1 is 0.433 bits per heavy atom. The first-order chi connectivity index (χ1) is 14.2. The van der Waals surface area contributed by atoms with Gasteiger partial charge in [-0.2, -0.15) is 0 Å². The zero-order valence-corrected chi connectivity index (χ0v) is 24.3. The van der Waals surface area contributed by atoms with Gasteiger partial charge in [0.1, 0.15) is 0 Å². The molecule has 184 valence electrons. The fourth-order valence-electron chi connectivity index (χ4n) is 4.53. The van der Waals surface area contributed by atoms with Gasteiger partial charge >= 0.3 is 0 Å². The van der Waals surface area contributed by atoms with E-state index in [2.05, 4.69) is 36.8 Å². The lowest BCUT2D eigenvalue weighted by molar-refractivity contribution is -0.910. The third kappa shape index (κ3) is 23.6. The highest BCUT2D eigenvalue weighted by molar-refractivity contribution is 9.09. The molecule has 0 aliphatic heterocycles. The summed E-state index contributed by atoms with van der Waals surface area (Å²) in [6.07, 6.45) is 28.8. The van der Waals surface area contributed by atoms with Crippen molar-refractivity contribution in [2.45, 2.75) is 142 Å². The van der Waals surface area contributed by atoms with Crippen LogP contribution in [0, 0.1) is 0 Å². The monoisotopic (exact) mass is 553 g/mol. The molecule has 1 nitrogen and oxygen atoms in total. The minimum Gasteiger partial charge on any atom is -1.00 e. The molecule has 0 aliphatic rings. The van der Waals surface area contributed by atoms with Gasteiger partial charge in [-0.15, -0.1) is 0 Å². The fraction of sp³-hybridized carbons (Fsp3) is 1.00. The van der Waals surface area contributed by atoms with Crippen LogP contribution in [0.5, 0.6) is 0 Å². The van der Waals surface area contributed by atoms with Gasteiger partial charge in [0.05, 0.1) is 26.7 Å². The van der Waals surface area contributed by atoms with Crippen LogP contribution in [0.3, 0.4) is 0 Å². The van der Waals surface area contributed by atoms with E-state index in [9.17, 15) is 0 Å². The lowest BCUT2D eigenvalue weighted by atomic mass is 10.1. The molecule has 0 rings (SSSR count). The van der Waals surface area contributed by atoms with Gasteiger partial charge in [0.2, 0.25) is 0 Å². The van der Waals surface area contributed by atoms with Crippen molar-refractivity contribution < 1.29 is 21.5 Å². The molecule has 0 aromatic carbocycles. The predicted octanol–water partition coefficient (Wildman–Crippen LogP) is 6.67. The number of nitrogens with zero attached hydrogens (tertiary/aromatic N) is 1. The van der Waals surface area contributed by atoms with Gasteiger partial charge in [0, 0.05) is 5.33 Å². The van der Waals surface area contributed by atoms with Crippen LogP contribution in [-0.2, 0) is 0 Å². The minimum absolute atomic E-state index is 0. The molecule has 0 aromatic rings. The van der Waals surface area contributed by atoms with E-state index in [4.69, 9.17) is 0 Å². The van der Waals surface area contributed by atoms with E-state index in [1.54, 1.807) is 0 Å². The molecule has 0 unspecified atom stereocenters. The maximum absolute atomic E-state index is 3.62. The van der Waals surface area contributed by atoms with Crippen molar-refractivity contribution in [2.75, 3.05) is 32.0 Å². The number of halogens is 2. The molecule has 0 saturated heterocycles. The molecule has 0 heterocycles. The lowest BCUT2D eigenvalue weighted by Crippen LogP contribution is -3.00. The van der Waals surface area contributed by atoms with Crippen molar-refractivity contribution in [2.24, 2.45) is 0 Å². The number of hydrogen-bond acceptors (Lipinski definition) is 0. The maximum atomic E-state index is 3.62. The van der Waals surface area contributed by atoms with Crippen molar-refractivity contribution in [1.82, 2.24) is 0 Å². The Balaban J connectivity index is 0. The quantitative estimate of drug-likeness (QED) is 0.0709. The van der Waals surface area contributed by atoms with Crippen LogP contribution in [0.25, 0.3) is 0 Å². The highest BCUT2D eigenvalue weighted by Crippen LogP contribution is 2.16. The minimum atomic E-state index is 0. The van der Waals surface area contributed by atoms with E-state index in [1.165, 1.54) is 158 Å². The molecule has 0 radical (unpaired) electrons. The third-order valence-electron chi connectivity index (χ3n) is 6.68. The molecule has 0 aromatic heterocycles. The molecule has 30 heavy (non-hydrogen) atoms. The van der Waals surface area contributed by atoms with Gasteiger partial charge < -0.3 is 21.5 Å². The molecule has 3 heteroatoms. The number of unbranched alkanes of at least 4 members (excludes halogenated alkanes) is 17. The summed E-state index contributed by atoms with van der Waals surface area (Å²) >= 11 is 3.62. The summed E-state index contributed by atoms with van der Waals surface area (Å²) in [6.45, 7) is 8.83. The van der Waals surface area contributed by atoms with Crippen LogP contribution >= 0.6 is 15.9 Å². The summed E-state index contributed by atoms with van der Waals surface area (Å²) in [5.41, 5.74) is 0. The molecule has 0 fully saturated rings. The van der Waals surface area contributed by atoms with E-state index < -0.39 is 0 Å². The van der Waals surface area contributed by atoms with Crippen molar-refractivity contribution >= 4 is 15.9 Å². The molecule has 0 amide bonds. The zero-order valence-electron chi connectivity index (χ0n) is 21.2. The Hall–Kier alpha value is 0.920. The first kappa shape index (κ1) is 33.1. The molecule has 0 atom stereocenters. The molecular formula is C27H57Br2N. The average molecular weight is 556 g/mol. The number of quaternary nitrogens is 1. The SMILES string of the molecule is CCCCCCCCCCC[N+](C)(CCCCBr)CCCCCCCCCCC.[Br-]. The zero-order chi connectivity index (χ0) is 21.5. The second-order valence-corrected chi connectivity index (χ2v) is 10.6. The summed E-state index contributed by atoms with van der Waals surface area (Å²) in [7, 11) is 2.55. The van der Waals surface area contributed by atoms with Crippen LogP contribution < -0.4 is 17.0 Å². The van der Waals surface area contributed by atoms with Crippen molar-refractivity contribution in [3.05, 3.63) is 0 Å². The topological polar surface area (TPSA) is 0 Å². The van der Waals surface area contributed by atoms with Gasteiger partial charge in [-0.1, -0.05) is 120 Å². The molecule has 0 N–H and O–H groups in total. The molecule has 0 saturated carbocycles. The van der Waals surface area contributed by atoms with E-state index in [0.717, 1.165) is 0 Å². The maximum Gasteiger partial charge on any atom is 0.0784 e. The van der Waals surface area contributed by atoms with Crippen LogP contribution in [0.4, 0.5) is 0 Å². The van der Waals surface area contributed by atoms with Crippen molar-refractivity contribution in [3.8, 4) is 0 Å².